The van der Waals surface area contributed by atoms with Crippen molar-refractivity contribution >= 4 is 21.6 Å². The molecule has 0 fully saturated rings. The van der Waals surface area contributed by atoms with Crippen molar-refractivity contribution < 1.29 is 4.92 Å². The highest BCUT2D eigenvalue weighted by Crippen LogP contribution is 2.23. The van der Waals surface area contributed by atoms with E-state index in [-0.39, 0.29) is 10.6 Å². The first-order chi connectivity index (χ1) is 7.15. The van der Waals surface area contributed by atoms with Gasteiger partial charge in [-0.05, 0) is 25.1 Å². The van der Waals surface area contributed by atoms with E-state index in [1.165, 1.54) is 6.07 Å². The van der Waals surface area contributed by atoms with Crippen LogP contribution in [0.25, 0.3) is 0 Å². The second kappa shape index (κ2) is 5.82. The van der Waals surface area contributed by atoms with Gasteiger partial charge >= 0.3 is 0 Å². The van der Waals surface area contributed by atoms with Crippen LogP contribution < -0.4 is 5.32 Å². The molecular formula is C10H13BrN2O2. The molecule has 0 saturated carbocycles. The molecule has 0 heterocycles. The molecule has 15 heavy (non-hydrogen) atoms. The lowest BCUT2D eigenvalue weighted by molar-refractivity contribution is -0.385. The van der Waals surface area contributed by atoms with Gasteiger partial charge in [-0.2, -0.15) is 0 Å². The zero-order chi connectivity index (χ0) is 11.3. The molecule has 0 aromatic heterocycles. The molecule has 0 saturated heterocycles. The first-order valence-corrected chi connectivity index (χ1v) is 5.58. The van der Waals surface area contributed by atoms with Crippen LogP contribution in [-0.4, -0.2) is 11.5 Å². The van der Waals surface area contributed by atoms with Crippen molar-refractivity contribution in [3.63, 3.8) is 0 Å². The van der Waals surface area contributed by atoms with Gasteiger partial charge in [0.15, 0.2) is 0 Å². The fraction of sp³-hybridized carbons (Fsp3) is 0.400. The lowest BCUT2D eigenvalue weighted by Crippen LogP contribution is -2.14. The highest BCUT2D eigenvalue weighted by Gasteiger charge is 2.12. The van der Waals surface area contributed by atoms with E-state index in [4.69, 9.17) is 0 Å². The van der Waals surface area contributed by atoms with Crippen LogP contribution >= 0.6 is 15.9 Å². The third kappa shape index (κ3) is 3.60. The highest BCUT2D eigenvalue weighted by molar-refractivity contribution is 9.10. The number of nitrogens with zero attached hydrogens (tertiary/aromatic N) is 1. The summed E-state index contributed by atoms with van der Waals surface area (Å²) in [5, 5.41) is 13.9. The molecule has 5 heteroatoms. The van der Waals surface area contributed by atoms with E-state index in [0.29, 0.717) is 6.54 Å². The van der Waals surface area contributed by atoms with Gasteiger partial charge in [0, 0.05) is 22.6 Å². The smallest absolute Gasteiger partial charge is 0.275 e. The molecule has 0 aliphatic rings. The van der Waals surface area contributed by atoms with Gasteiger partial charge in [-0.1, -0.05) is 22.9 Å². The normalized spacial score (nSPS) is 10.3. The summed E-state index contributed by atoms with van der Waals surface area (Å²) in [5.41, 5.74) is 0.879. The SMILES string of the molecule is CCCNCc1ccc(Br)cc1[N+](=O)[O-]. The Morgan fingerprint density at radius 2 is 2.27 bits per heavy atom. The topological polar surface area (TPSA) is 55.2 Å². The van der Waals surface area contributed by atoms with E-state index in [0.717, 1.165) is 23.0 Å². The molecule has 0 atom stereocenters. The van der Waals surface area contributed by atoms with Gasteiger partial charge in [-0.25, -0.2) is 0 Å². The molecule has 0 aliphatic heterocycles. The van der Waals surface area contributed by atoms with Crippen molar-refractivity contribution in [2.45, 2.75) is 19.9 Å². The number of nitro groups is 1. The Labute approximate surface area is 97.0 Å². The maximum Gasteiger partial charge on any atom is 0.275 e. The maximum atomic E-state index is 10.8. The Hall–Kier alpha value is -0.940. The molecule has 0 spiro atoms. The monoisotopic (exact) mass is 272 g/mol. The van der Waals surface area contributed by atoms with Crippen LogP contribution in [0.15, 0.2) is 22.7 Å². The number of hydrogen-bond donors (Lipinski definition) is 1. The summed E-state index contributed by atoms with van der Waals surface area (Å²) in [5.74, 6) is 0. The van der Waals surface area contributed by atoms with E-state index < -0.39 is 0 Å². The predicted molar refractivity (Wildman–Crippen MR) is 62.8 cm³/mol. The number of nitrogens with one attached hydrogen (secondary N) is 1. The number of hydrogen-bond acceptors (Lipinski definition) is 3. The zero-order valence-corrected chi connectivity index (χ0v) is 10.1. The average Bonchev–Trinajstić information content (AvgIpc) is 2.20. The van der Waals surface area contributed by atoms with Crippen molar-refractivity contribution in [3.8, 4) is 0 Å². The maximum absolute atomic E-state index is 10.8. The lowest BCUT2D eigenvalue weighted by atomic mass is 10.2. The van der Waals surface area contributed by atoms with Gasteiger partial charge in [-0.3, -0.25) is 10.1 Å². The summed E-state index contributed by atoms with van der Waals surface area (Å²) >= 11 is 3.22. The van der Waals surface area contributed by atoms with Crippen LogP contribution in [0.3, 0.4) is 0 Å². The minimum Gasteiger partial charge on any atom is -0.312 e. The van der Waals surface area contributed by atoms with Gasteiger partial charge in [0.2, 0.25) is 0 Å². The van der Waals surface area contributed by atoms with Crippen molar-refractivity contribution in [3.05, 3.63) is 38.3 Å². The van der Waals surface area contributed by atoms with E-state index in [1.54, 1.807) is 6.07 Å². The minimum absolute atomic E-state index is 0.160. The first-order valence-electron chi connectivity index (χ1n) is 4.78. The number of halogens is 1. The third-order valence-corrected chi connectivity index (χ3v) is 2.48. The van der Waals surface area contributed by atoms with Crippen LogP contribution in [0.2, 0.25) is 0 Å². The molecule has 0 aliphatic carbocycles. The Balaban J connectivity index is 2.81. The molecule has 0 unspecified atom stereocenters. The van der Waals surface area contributed by atoms with Crippen molar-refractivity contribution in [2.24, 2.45) is 0 Å². The summed E-state index contributed by atoms with van der Waals surface area (Å²) in [6.45, 7) is 3.47. The standard InChI is InChI=1S/C10H13BrN2O2/c1-2-5-12-7-8-3-4-9(11)6-10(8)13(14)15/h3-4,6,12H,2,5,7H2,1H3. The van der Waals surface area contributed by atoms with E-state index in [9.17, 15) is 10.1 Å². The van der Waals surface area contributed by atoms with E-state index >= 15 is 0 Å². The summed E-state index contributed by atoms with van der Waals surface area (Å²) in [6, 6.07) is 5.11. The molecule has 1 aromatic rings. The fourth-order valence-corrected chi connectivity index (χ4v) is 1.61. The van der Waals surface area contributed by atoms with E-state index in [2.05, 4.69) is 28.2 Å². The third-order valence-electron chi connectivity index (χ3n) is 1.99. The largest absolute Gasteiger partial charge is 0.312 e. The second-order valence-corrected chi connectivity index (χ2v) is 4.12. The molecule has 0 bridgehead atoms. The highest BCUT2D eigenvalue weighted by atomic mass is 79.9. The molecular weight excluding hydrogens is 260 g/mol. The van der Waals surface area contributed by atoms with Gasteiger partial charge in [0.1, 0.15) is 0 Å². The molecule has 82 valence electrons. The molecule has 0 radical (unpaired) electrons. The van der Waals surface area contributed by atoms with Crippen molar-refractivity contribution in [2.75, 3.05) is 6.54 Å². The number of rotatable bonds is 5. The Morgan fingerprint density at radius 3 is 2.87 bits per heavy atom. The number of nitro benzene ring substituents is 1. The van der Waals surface area contributed by atoms with Gasteiger partial charge in [0.25, 0.3) is 5.69 Å². The second-order valence-electron chi connectivity index (χ2n) is 3.21. The molecule has 1 N–H and O–H groups in total. The summed E-state index contributed by atoms with van der Waals surface area (Å²) in [7, 11) is 0. The Morgan fingerprint density at radius 1 is 1.53 bits per heavy atom. The quantitative estimate of drug-likeness (QED) is 0.510. The Bertz CT molecular complexity index is 355. The van der Waals surface area contributed by atoms with Crippen molar-refractivity contribution in [1.82, 2.24) is 5.32 Å². The predicted octanol–water partition coefficient (Wildman–Crippen LogP) is 2.86. The van der Waals surface area contributed by atoms with E-state index in [1.807, 2.05) is 6.07 Å². The van der Waals surface area contributed by atoms with Crippen LogP contribution in [-0.2, 0) is 6.54 Å². The summed E-state index contributed by atoms with van der Waals surface area (Å²) in [4.78, 5) is 10.4. The zero-order valence-electron chi connectivity index (χ0n) is 8.50. The van der Waals surface area contributed by atoms with Gasteiger partial charge < -0.3 is 5.32 Å². The molecule has 1 rings (SSSR count). The molecule has 0 amide bonds. The average molecular weight is 273 g/mol. The minimum atomic E-state index is -0.353. The molecule has 1 aromatic carbocycles. The number of benzene rings is 1. The summed E-state index contributed by atoms with van der Waals surface area (Å²) < 4.78 is 0.730. The van der Waals surface area contributed by atoms with Crippen LogP contribution in [0.1, 0.15) is 18.9 Å². The molecule has 4 nitrogen and oxygen atoms in total. The van der Waals surface area contributed by atoms with Crippen molar-refractivity contribution in [1.29, 1.82) is 0 Å². The lowest BCUT2D eigenvalue weighted by Gasteiger charge is -2.04. The van der Waals surface area contributed by atoms with Gasteiger partial charge in [-0.15, -0.1) is 0 Å². The van der Waals surface area contributed by atoms with Crippen LogP contribution in [0, 0.1) is 10.1 Å². The Kier molecular flexibility index (Phi) is 4.71. The fourth-order valence-electron chi connectivity index (χ4n) is 1.26. The summed E-state index contributed by atoms with van der Waals surface area (Å²) in [6.07, 6.45) is 1.02. The first kappa shape index (κ1) is 12.1. The van der Waals surface area contributed by atoms with Crippen LogP contribution in [0.4, 0.5) is 5.69 Å². The van der Waals surface area contributed by atoms with Gasteiger partial charge in [0.05, 0.1) is 4.92 Å². The van der Waals surface area contributed by atoms with Crippen LogP contribution in [0.5, 0.6) is 0 Å².